The van der Waals surface area contributed by atoms with Gasteiger partial charge in [0, 0.05) is 23.7 Å². The van der Waals surface area contributed by atoms with E-state index in [0.29, 0.717) is 11.7 Å². The number of amides is 1. The third kappa shape index (κ3) is 4.48. The van der Waals surface area contributed by atoms with Crippen LogP contribution in [0.3, 0.4) is 0 Å². The van der Waals surface area contributed by atoms with Crippen molar-refractivity contribution in [3.8, 4) is 0 Å². The van der Waals surface area contributed by atoms with Gasteiger partial charge < -0.3 is 4.90 Å². The highest BCUT2D eigenvalue weighted by molar-refractivity contribution is 7.99. The predicted molar refractivity (Wildman–Crippen MR) is 80.5 cm³/mol. The van der Waals surface area contributed by atoms with Crippen LogP contribution >= 0.6 is 34.7 Å². The molecule has 1 aromatic rings. The van der Waals surface area contributed by atoms with Crippen LogP contribution in [-0.2, 0) is 10.5 Å². The molecule has 2 heterocycles. The molecule has 18 heavy (non-hydrogen) atoms. The molecule has 1 saturated heterocycles. The fraction of sp³-hybridized carbons (Fsp3) is 0.615. The molecule has 5 heteroatoms. The molecule has 1 aliphatic heterocycles. The Kier molecular flexibility index (Phi) is 5.86. The Morgan fingerprint density at radius 1 is 1.28 bits per heavy atom. The molecule has 2 nitrogen and oxygen atoms in total. The summed E-state index contributed by atoms with van der Waals surface area (Å²) in [7, 11) is 0. The van der Waals surface area contributed by atoms with E-state index < -0.39 is 0 Å². The van der Waals surface area contributed by atoms with Crippen LogP contribution in [0.25, 0.3) is 0 Å². The zero-order chi connectivity index (χ0) is 12.8. The number of carbonyl (C=O) groups excluding carboxylic acids is 1. The summed E-state index contributed by atoms with van der Waals surface area (Å²) in [6, 6.07) is 3.95. The number of halogens is 1. The van der Waals surface area contributed by atoms with E-state index in [1.807, 2.05) is 17.0 Å². The second kappa shape index (κ2) is 7.41. The molecule has 0 N–H and O–H groups in total. The second-order valence-corrected chi connectivity index (χ2v) is 7.28. The van der Waals surface area contributed by atoms with Crippen molar-refractivity contribution in [1.29, 1.82) is 0 Å². The molecule has 0 radical (unpaired) electrons. The Labute approximate surface area is 122 Å². The largest absolute Gasteiger partial charge is 0.342 e. The summed E-state index contributed by atoms with van der Waals surface area (Å²) >= 11 is 9.16. The monoisotopic (exact) mass is 303 g/mol. The lowest BCUT2D eigenvalue weighted by atomic mass is 10.2. The lowest BCUT2D eigenvalue weighted by Crippen LogP contribution is -2.33. The number of thioether (sulfide) groups is 1. The maximum atomic E-state index is 12.0. The first kappa shape index (κ1) is 14.2. The van der Waals surface area contributed by atoms with Gasteiger partial charge in [0.25, 0.3) is 0 Å². The van der Waals surface area contributed by atoms with Crippen LogP contribution < -0.4 is 0 Å². The fourth-order valence-electron chi connectivity index (χ4n) is 2.08. The van der Waals surface area contributed by atoms with Crippen LogP contribution in [0.4, 0.5) is 0 Å². The third-order valence-electron chi connectivity index (χ3n) is 3.06. The van der Waals surface area contributed by atoms with E-state index in [2.05, 4.69) is 0 Å². The zero-order valence-electron chi connectivity index (χ0n) is 10.4. The van der Waals surface area contributed by atoms with Gasteiger partial charge in [0.1, 0.15) is 0 Å². The van der Waals surface area contributed by atoms with E-state index in [-0.39, 0.29) is 0 Å². The van der Waals surface area contributed by atoms with E-state index >= 15 is 0 Å². The van der Waals surface area contributed by atoms with Crippen molar-refractivity contribution in [3.05, 3.63) is 21.3 Å². The van der Waals surface area contributed by atoms with E-state index in [9.17, 15) is 4.79 Å². The molecule has 1 aromatic heterocycles. The Hall–Kier alpha value is -0.190. The normalized spacial score (nSPS) is 16.6. The second-order valence-electron chi connectivity index (χ2n) is 4.49. The minimum atomic E-state index is 0.296. The predicted octanol–water partition coefficient (Wildman–Crippen LogP) is 4.04. The average molecular weight is 304 g/mol. The molecule has 2 rings (SSSR count). The van der Waals surface area contributed by atoms with Crippen molar-refractivity contribution < 1.29 is 4.79 Å². The number of carbonyl (C=O) groups is 1. The van der Waals surface area contributed by atoms with Crippen LogP contribution in [0.2, 0.25) is 4.34 Å². The van der Waals surface area contributed by atoms with Gasteiger partial charge in [-0.25, -0.2) is 0 Å². The van der Waals surface area contributed by atoms with Crippen molar-refractivity contribution in [2.45, 2.75) is 31.4 Å². The molecule has 0 aromatic carbocycles. The summed E-state index contributed by atoms with van der Waals surface area (Å²) < 4.78 is 0.824. The third-order valence-corrected chi connectivity index (χ3v) is 5.44. The summed E-state index contributed by atoms with van der Waals surface area (Å²) in [6.45, 7) is 1.90. The number of nitrogens with zero attached hydrogens (tertiary/aromatic N) is 1. The standard InChI is InChI=1S/C13H18ClNOS2/c14-12-6-5-11(18-12)9-17-10-13(16)15-7-3-1-2-4-8-15/h5-6H,1-4,7-10H2. The quantitative estimate of drug-likeness (QED) is 0.837. The van der Waals surface area contributed by atoms with E-state index in [0.717, 1.165) is 36.0 Å². The van der Waals surface area contributed by atoms with Gasteiger partial charge in [-0.05, 0) is 25.0 Å². The summed E-state index contributed by atoms with van der Waals surface area (Å²) in [5, 5.41) is 0. The van der Waals surface area contributed by atoms with Crippen molar-refractivity contribution in [2.75, 3.05) is 18.8 Å². The molecular formula is C13H18ClNOS2. The molecule has 0 unspecified atom stereocenters. The Balaban J connectivity index is 1.70. The molecule has 100 valence electrons. The maximum absolute atomic E-state index is 12.0. The number of hydrogen-bond acceptors (Lipinski definition) is 3. The van der Waals surface area contributed by atoms with Gasteiger partial charge in [0.15, 0.2) is 0 Å². The Morgan fingerprint density at radius 2 is 2.00 bits per heavy atom. The molecule has 0 atom stereocenters. The molecule has 1 aliphatic rings. The number of hydrogen-bond donors (Lipinski definition) is 0. The van der Waals surface area contributed by atoms with Crippen LogP contribution in [0.1, 0.15) is 30.6 Å². The molecule has 0 spiro atoms. The Morgan fingerprint density at radius 3 is 2.61 bits per heavy atom. The summed E-state index contributed by atoms with van der Waals surface area (Å²) in [5.41, 5.74) is 0. The van der Waals surface area contributed by atoms with Gasteiger partial charge in [0.2, 0.25) is 5.91 Å². The lowest BCUT2D eigenvalue weighted by Gasteiger charge is -2.19. The van der Waals surface area contributed by atoms with Crippen molar-refractivity contribution in [2.24, 2.45) is 0 Å². The first-order valence-electron chi connectivity index (χ1n) is 6.35. The summed E-state index contributed by atoms with van der Waals surface area (Å²) in [4.78, 5) is 15.3. The molecule has 0 bridgehead atoms. The fourth-order valence-corrected chi connectivity index (χ4v) is 4.20. The van der Waals surface area contributed by atoms with E-state index in [1.54, 1.807) is 23.1 Å². The Bertz CT molecular complexity index is 386. The maximum Gasteiger partial charge on any atom is 0.232 e. The van der Waals surface area contributed by atoms with Crippen molar-refractivity contribution in [1.82, 2.24) is 4.90 Å². The van der Waals surface area contributed by atoms with Crippen molar-refractivity contribution in [3.63, 3.8) is 0 Å². The molecule has 1 fully saturated rings. The summed E-state index contributed by atoms with van der Waals surface area (Å²) in [5.74, 6) is 1.77. The van der Waals surface area contributed by atoms with Gasteiger partial charge in [-0.2, -0.15) is 0 Å². The highest BCUT2D eigenvalue weighted by atomic mass is 35.5. The first-order valence-corrected chi connectivity index (χ1v) is 8.70. The smallest absolute Gasteiger partial charge is 0.232 e. The highest BCUT2D eigenvalue weighted by Gasteiger charge is 2.15. The highest BCUT2D eigenvalue weighted by Crippen LogP contribution is 2.25. The number of thiophene rings is 1. The lowest BCUT2D eigenvalue weighted by molar-refractivity contribution is -0.128. The minimum Gasteiger partial charge on any atom is -0.342 e. The zero-order valence-corrected chi connectivity index (χ0v) is 12.8. The van der Waals surface area contributed by atoms with Crippen molar-refractivity contribution >= 4 is 40.6 Å². The first-order chi connectivity index (χ1) is 8.75. The van der Waals surface area contributed by atoms with Gasteiger partial charge in [-0.15, -0.1) is 23.1 Å². The van der Waals surface area contributed by atoms with Gasteiger partial charge in [0.05, 0.1) is 10.1 Å². The minimum absolute atomic E-state index is 0.296. The number of rotatable bonds is 4. The SMILES string of the molecule is O=C(CSCc1ccc(Cl)s1)N1CCCCCC1. The van der Waals surface area contributed by atoms with Gasteiger partial charge in [-0.3, -0.25) is 4.79 Å². The molecule has 0 aliphatic carbocycles. The molecule has 0 saturated carbocycles. The molecule has 1 amide bonds. The van der Waals surface area contributed by atoms with Gasteiger partial charge in [-0.1, -0.05) is 24.4 Å². The van der Waals surface area contributed by atoms with Crippen LogP contribution in [-0.4, -0.2) is 29.6 Å². The topological polar surface area (TPSA) is 20.3 Å². The average Bonchev–Trinajstić information content (AvgIpc) is 2.63. The summed E-state index contributed by atoms with van der Waals surface area (Å²) in [6.07, 6.45) is 4.86. The van der Waals surface area contributed by atoms with Crippen LogP contribution in [0.15, 0.2) is 12.1 Å². The van der Waals surface area contributed by atoms with E-state index in [1.165, 1.54) is 17.7 Å². The van der Waals surface area contributed by atoms with Crippen LogP contribution in [0, 0.1) is 0 Å². The van der Waals surface area contributed by atoms with Gasteiger partial charge >= 0.3 is 0 Å². The van der Waals surface area contributed by atoms with E-state index in [4.69, 9.17) is 11.6 Å². The van der Waals surface area contributed by atoms with Crippen LogP contribution in [0.5, 0.6) is 0 Å². The molecular weight excluding hydrogens is 286 g/mol. The number of likely N-dealkylation sites (tertiary alicyclic amines) is 1.